The summed E-state index contributed by atoms with van der Waals surface area (Å²) in [6, 6.07) is 16.8. The Bertz CT molecular complexity index is 1200. The molecule has 1 aromatic heterocycles. The van der Waals surface area contributed by atoms with E-state index in [1.807, 2.05) is 38.1 Å². The number of Topliss-reactive ketones (excluding diaryl/α,β-unsaturated/α-hetero) is 1. The lowest BCUT2D eigenvalue weighted by atomic mass is 9.91. The summed E-state index contributed by atoms with van der Waals surface area (Å²) in [5.74, 6) is -0.330. The summed E-state index contributed by atoms with van der Waals surface area (Å²) in [6.07, 6.45) is 0.0347. The first kappa shape index (κ1) is 25.1. The van der Waals surface area contributed by atoms with Gasteiger partial charge in [0.2, 0.25) is 0 Å². The average molecular weight is 477 g/mol. The third kappa shape index (κ3) is 6.09. The molecule has 34 heavy (non-hydrogen) atoms. The monoisotopic (exact) mass is 476 g/mol. The van der Waals surface area contributed by atoms with Crippen molar-refractivity contribution in [2.45, 2.75) is 40.0 Å². The van der Waals surface area contributed by atoms with E-state index in [1.54, 1.807) is 38.1 Å². The van der Waals surface area contributed by atoms with Crippen LogP contribution in [0.15, 0.2) is 48.5 Å². The van der Waals surface area contributed by atoms with Crippen molar-refractivity contribution in [3.63, 3.8) is 0 Å². The fourth-order valence-corrected chi connectivity index (χ4v) is 4.36. The predicted molar refractivity (Wildman–Crippen MR) is 132 cm³/mol. The van der Waals surface area contributed by atoms with Crippen molar-refractivity contribution < 1.29 is 19.1 Å². The summed E-state index contributed by atoms with van der Waals surface area (Å²) in [5.41, 5.74) is 2.55. The molecule has 0 aliphatic heterocycles. The molecule has 1 atom stereocenters. The maximum atomic E-state index is 12.9. The molecule has 0 saturated carbocycles. The Balaban J connectivity index is 1.99. The molecule has 0 radical (unpaired) electrons. The van der Waals surface area contributed by atoms with Gasteiger partial charge in [0, 0.05) is 23.1 Å². The van der Waals surface area contributed by atoms with Crippen molar-refractivity contribution in [3.05, 3.63) is 70.2 Å². The number of carbonyl (C=O) groups excluding carboxylic acids is 2. The van der Waals surface area contributed by atoms with Crippen LogP contribution in [-0.2, 0) is 4.74 Å². The summed E-state index contributed by atoms with van der Waals surface area (Å²) in [7, 11) is 0. The Morgan fingerprint density at radius 2 is 1.88 bits per heavy atom. The Morgan fingerprint density at radius 1 is 1.15 bits per heavy atom. The van der Waals surface area contributed by atoms with Crippen LogP contribution in [0.3, 0.4) is 0 Å². The van der Waals surface area contributed by atoms with Crippen LogP contribution in [0.2, 0.25) is 0 Å². The number of carbonyl (C=O) groups is 2. The van der Waals surface area contributed by atoms with Gasteiger partial charge in [0.25, 0.3) is 0 Å². The van der Waals surface area contributed by atoms with Crippen molar-refractivity contribution in [1.29, 1.82) is 5.26 Å². The highest BCUT2D eigenvalue weighted by Crippen LogP contribution is 2.36. The second-order valence-electron chi connectivity index (χ2n) is 8.29. The zero-order chi connectivity index (χ0) is 24.7. The first-order chi connectivity index (χ1) is 16.3. The normalized spacial score (nSPS) is 11.6. The smallest absolute Gasteiger partial charge is 0.350 e. The second-order valence-corrected chi connectivity index (χ2v) is 9.29. The molecule has 3 aromatic rings. The van der Waals surface area contributed by atoms with Gasteiger partial charge in [-0.05, 0) is 38.0 Å². The van der Waals surface area contributed by atoms with E-state index in [0.717, 1.165) is 5.56 Å². The molecule has 0 bridgehead atoms. The lowest BCUT2D eigenvalue weighted by Crippen LogP contribution is -2.10. The number of esters is 1. The molecule has 7 heteroatoms. The number of nitrogens with zero attached hydrogens (tertiary/aromatic N) is 2. The van der Waals surface area contributed by atoms with Crippen molar-refractivity contribution in [2.75, 3.05) is 13.2 Å². The summed E-state index contributed by atoms with van der Waals surface area (Å²) < 4.78 is 11.1. The Labute approximate surface area is 204 Å². The molecular formula is C27H28N2O4S. The summed E-state index contributed by atoms with van der Waals surface area (Å²) in [5, 5.41) is 10.6. The molecule has 0 aliphatic carbocycles. The largest absolute Gasteiger partial charge is 0.493 e. The summed E-state index contributed by atoms with van der Waals surface area (Å²) in [6.45, 7) is 8.39. The van der Waals surface area contributed by atoms with Crippen molar-refractivity contribution in [1.82, 2.24) is 4.98 Å². The number of ketones is 1. The first-order valence-corrected chi connectivity index (χ1v) is 12.0. The number of aryl methyl sites for hydroxylation is 1. The zero-order valence-electron chi connectivity index (χ0n) is 19.8. The fraction of sp³-hybridized carbons (Fsp3) is 0.333. The third-order valence-electron chi connectivity index (χ3n) is 5.10. The Hall–Kier alpha value is -3.50. The van der Waals surface area contributed by atoms with E-state index in [1.165, 1.54) is 11.3 Å². The van der Waals surface area contributed by atoms with Gasteiger partial charge in [0.15, 0.2) is 5.78 Å². The maximum Gasteiger partial charge on any atom is 0.350 e. The lowest BCUT2D eigenvalue weighted by molar-refractivity contribution is 0.0531. The number of benzene rings is 2. The topological polar surface area (TPSA) is 89.3 Å². The van der Waals surface area contributed by atoms with Gasteiger partial charge in [0.05, 0.1) is 30.9 Å². The highest BCUT2D eigenvalue weighted by Gasteiger charge is 2.23. The quantitative estimate of drug-likeness (QED) is 0.255. The Morgan fingerprint density at radius 3 is 2.53 bits per heavy atom. The molecule has 0 unspecified atom stereocenters. The van der Waals surface area contributed by atoms with E-state index in [9.17, 15) is 14.9 Å². The van der Waals surface area contributed by atoms with Crippen LogP contribution in [0.25, 0.3) is 10.6 Å². The number of ether oxygens (including phenoxy) is 2. The molecular weight excluding hydrogens is 448 g/mol. The molecule has 6 nitrogen and oxygen atoms in total. The lowest BCUT2D eigenvalue weighted by Gasteiger charge is -2.17. The van der Waals surface area contributed by atoms with Gasteiger partial charge >= 0.3 is 5.97 Å². The Kier molecular flexibility index (Phi) is 8.55. The minimum absolute atomic E-state index is 0.0347. The van der Waals surface area contributed by atoms with Gasteiger partial charge in [-0.1, -0.05) is 44.2 Å². The van der Waals surface area contributed by atoms with Gasteiger partial charge < -0.3 is 9.47 Å². The molecule has 3 rings (SSSR count). The first-order valence-electron chi connectivity index (χ1n) is 11.2. The van der Waals surface area contributed by atoms with Crippen LogP contribution in [0.5, 0.6) is 5.75 Å². The van der Waals surface area contributed by atoms with Crippen LogP contribution < -0.4 is 4.74 Å². The molecule has 0 N–H and O–H groups in total. The molecule has 176 valence electrons. The van der Waals surface area contributed by atoms with Crippen LogP contribution in [0.1, 0.15) is 64.4 Å². The number of thiazole rings is 1. The highest BCUT2D eigenvalue weighted by molar-refractivity contribution is 7.17. The average Bonchev–Trinajstić information content (AvgIpc) is 3.23. The van der Waals surface area contributed by atoms with E-state index < -0.39 is 11.9 Å². The van der Waals surface area contributed by atoms with Gasteiger partial charge in [-0.2, -0.15) is 5.26 Å². The molecule has 0 spiro atoms. The van der Waals surface area contributed by atoms with Crippen molar-refractivity contribution in [3.8, 4) is 22.4 Å². The van der Waals surface area contributed by atoms with Crippen molar-refractivity contribution >= 4 is 23.1 Å². The van der Waals surface area contributed by atoms with Crippen LogP contribution >= 0.6 is 11.3 Å². The van der Waals surface area contributed by atoms with Gasteiger partial charge in [-0.3, -0.25) is 4.79 Å². The van der Waals surface area contributed by atoms with Crippen LogP contribution in [0, 0.1) is 24.2 Å². The van der Waals surface area contributed by atoms with Crippen molar-refractivity contribution in [2.24, 2.45) is 5.92 Å². The van der Waals surface area contributed by atoms with Crippen LogP contribution in [-0.4, -0.2) is 30.0 Å². The second kappa shape index (κ2) is 11.6. The molecule has 1 heterocycles. The van der Waals surface area contributed by atoms with Gasteiger partial charge in [-0.15, -0.1) is 11.3 Å². The number of aromatic nitrogens is 1. The molecule has 0 aliphatic rings. The molecule has 0 fully saturated rings. The van der Waals surface area contributed by atoms with E-state index >= 15 is 0 Å². The number of nitriles is 1. The van der Waals surface area contributed by atoms with E-state index in [0.29, 0.717) is 45.0 Å². The molecule has 0 amide bonds. The SMILES string of the molecule is CCOC(=O)c1sc(-c2ccc(OCC(C)C)c([C@@H](C#N)CC(=O)c3ccccc3)c2)nc1C. The molecule has 0 saturated heterocycles. The van der Waals surface area contributed by atoms with Crippen LogP contribution in [0.4, 0.5) is 0 Å². The number of rotatable bonds is 10. The number of hydrogen-bond acceptors (Lipinski definition) is 7. The maximum absolute atomic E-state index is 12.9. The van der Waals surface area contributed by atoms with Gasteiger partial charge in [0.1, 0.15) is 15.6 Å². The minimum Gasteiger partial charge on any atom is -0.493 e. The summed E-state index contributed by atoms with van der Waals surface area (Å²) in [4.78, 5) is 30.1. The minimum atomic E-state index is -0.694. The molecule has 2 aromatic carbocycles. The standard InChI is InChI=1S/C27H28N2O4S/c1-5-32-27(31)25-18(4)29-26(34-25)20-11-12-24(33-16-17(2)3)22(13-20)21(15-28)14-23(30)19-9-7-6-8-10-19/h6-13,17,21H,5,14,16H2,1-4H3/t21-/m1/s1. The predicted octanol–water partition coefficient (Wildman–Crippen LogP) is 6.21. The third-order valence-corrected chi connectivity index (χ3v) is 6.29. The summed E-state index contributed by atoms with van der Waals surface area (Å²) >= 11 is 1.25. The number of hydrogen-bond donors (Lipinski definition) is 0. The van der Waals surface area contributed by atoms with E-state index in [2.05, 4.69) is 11.1 Å². The van der Waals surface area contributed by atoms with E-state index in [-0.39, 0.29) is 18.8 Å². The fourth-order valence-electron chi connectivity index (χ4n) is 3.40. The van der Waals surface area contributed by atoms with Gasteiger partial charge in [-0.25, -0.2) is 9.78 Å². The zero-order valence-corrected chi connectivity index (χ0v) is 20.6. The van der Waals surface area contributed by atoms with E-state index in [4.69, 9.17) is 9.47 Å². The highest BCUT2D eigenvalue weighted by atomic mass is 32.1.